The molecule has 160 valence electrons. The predicted molar refractivity (Wildman–Crippen MR) is 123 cm³/mol. The maximum Gasteiger partial charge on any atom is 0.256 e. The molecule has 0 aliphatic heterocycles. The number of aryl methyl sites for hydroxylation is 2. The molecule has 2 N–H and O–H groups in total. The number of nitrogens with one attached hydrogen (secondary N) is 2. The highest BCUT2D eigenvalue weighted by atomic mass is 35.5. The average Bonchev–Trinajstić information content (AvgIpc) is 3.28. The van der Waals surface area contributed by atoms with E-state index in [1.54, 1.807) is 11.6 Å². The van der Waals surface area contributed by atoms with Crippen molar-refractivity contribution in [1.82, 2.24) is 25.1 Å². The van der Waals surface area contributed by atoms with Gasteiger partial charge in [-0.05, 0) is 37.5 Å². The molecule has 1 amide bonds. The number of nitrogens with zero attached hydrogens (tertiary/aromatic N) is 3. The van der Waals surface area contributed by atoms with E-state index >= 15 is 0 Å². The fourth-order valence-electron chi connectivity index (χ4n) is 3.67. The Morgan fingerprint density at radius 3 is 2.52 bits per heavy atom. The van der Waals surface area contributed by atoms with E-state index in [2.05, 4.69) is 20.4 Å². The monoisotopic (exact) mass is 435 g/mol. The molecular formula is C24H26ClN5O. The molecule has 0 saturated heterocycles. The van der Waals surface area contributed by atoms with Gasteiger partial charge in [0, 0.05) is 0 Å². The second kappa shape index (κ2) is 8.55. The first-order chi connectivity index (χ1) is 14.8. The summed E-state index contributed by atoms with van der Waals surface area (Å²) in [6, 6.07) is 15.7. The summed E-state index contributed by atoms with van der Waals surface area (Å²) in [5, 5.41) is 7.95. The Bertz CT molecular complexity index is 1190. The molecule has 0 aliphatic carbocycles. The summed E-state index contributed by atoms with van der Waals surface area (Å²) < 4.78 is 1.67. The van der Waals surface area contributed by atoms with Crippen molar-refractivity contribution >= 4 is 28.5 Å². The number of fused-ring (bicyclic) bond motifs is 1. The van der Waals surface area contributed by atoms with Crippen molar-refractivity contribution in [2.45, 2.75) is 40.3 Å². The Kier molecular flexibility index (Phi) is 5.83. The summed E-state index contributed by atoms with van der Waals surface area (Å²) in [7, 11) is 0. The number of halogens is 1. The quantitative estimate of drug-likeness (QED) is 0.436. The van der Waals surface area contributed by atoms with Gasteiger partial charge in [0.2, 0.25) is 0 Å². The van der Waals surface area contributed by atoms with Crippen LogP contribution in [0.3, 0.4) is 0 Å². The first-order valence-corrected chi connectivity index (χ1v) is 10.7. The Labute approximate surface area is 186 Å². The lowest BCUT2D eigenvalue weighted by Gasteiger charge is -2.20. The number of rotatable bonds is 6. The van der Waals surface area contributed by atoms with Gasteiger partial charge in [-0.2, -0.15) is 5.10 Å². The van der Waals surface area contributed by atoms with Gasteiger partial charge < -0.3 is 10.3 Å². The molecule has 4 rings (SSSR count). The number of imidazole rings is 1. The Morgan fingerprint density at radius 2 is 1.84 bits per heavy atom. The molecule has 4 aromatic rings. The number of H-pyrrole nitrogens is 1. The predicted octanol–water partition coefficient (Wildman–Crippen LogP) is 5.21. The van der Waals surface area contributed by atoms with Gasteiger partial charge in [0.15, 0.2) is 0 Å². The number of hydrogen-bond acceptors (Lipinski definition) is 3. The van der Waals surface area contributed by atoms with Crippen molar-refractivity contribution in [3.8, 4) is 0 Å². The average molecular weight is 436 g/mol. The number of aromatic nitrogens is 4. The smallest absolute Gasteiger partial charge is 0.256 e. The van der Waals surface area contributed by atoms with E-state index in [-0.39, 0.29) is 17.9 Å². The lowest BCUT2D eigenvalue weighted by Crippen LogP contribution is -2.33. The van der Waals surface area contributed by atoms with Crippen LogP contribution in [-0.2, 0) is 6.54 Å². The fourth-order valence-corrected chi connectivity index (χ4v) is 3.99. The molecule has 2 aromatic heterocycles. The lowest BCUT2D eigenvalue weighted by molar-refractivity contribution is 0.0923. The van der Waals surface area contributed by atoms with Crippen LogP contribution in [0, 0.1) is 19.8 Å². The minimum atomic E-state index is -0.282. The minimum absolute atomic E-state index is 0.131. The zero-order chi connectivity index (χ0) is 22.1. The van der Waals surface area contributed by atoms with Crippen LogP contribution in [-0.4, -0.2) is 25.7 Å². The van der Waals surface area contributed by atoms with Gasteiger partial charge >= 0.3 is 0 Å². The number of para-hydroxylation sites is 2. The molecule has 0 spiro atoms. The number of carbonyl (C=O) groups is 1. The minimum Gasteiger partial charge on any atom is -0.342 e. The van der Waals surface area contributed by atoms with Crippen molar-refractivity contribution in [1.29, 1.82) is 0 Å². The molecule has 0 radical (unpaired) electrons. The van der Waals surface area contributed by atoms with Gasteiger partial charge in [-0.25, -0.2) is 9.67 Å². The van der Waals surface area contributed by atoms with Gasteiger partial charge in [-0.15, -0.1) is 0 Å². The molecule has 2 aromatic carbocycles. The maximum atomic E-state index is 13.2. The summed E-state index contributed by atoms with van der Waals surface area (Å²) >= 11 is 6.60. The van der Waals surface area contributed by atoms with Gasteiger partial charge in [-0.1, -0.05) is 67.4 Å². The molecule has 0 fully saturated rings. The second-order valence-electron chi connectivity index (χ2n) is 8.23. The number of carbonyl (C=O) groups excluding carboxylic acids is 1. The van der Waals surface area contributed by atoms with Crippen LogP contribution in [0.2, 0.25) is 5.15 Å². The van der Waals surface area contributed by atoms with Gasteiger partial charge in [-0.3, -0.25) is 4.79 Å². The van der Waals surface area contributed by atoms with Gasteiger partial charge in [0.25, 0.3) is 5.91 Å². The van der Waals surface area contributed by atoms with Crippen LogP contribution in [0.4, 0.5) is 0 Å². The summed E-state index contributed by atoms with van der Waals surface area (Å²) in [6.45, 7) is 8.45. The molecule has 6 nitrogen and oxygen atoms in total. The molecule has 0 bridgehead atoms. The molecular weight excluding hydrogens is 410 g/mol. The molecule has 0 aliphatic rings. The first-order valence-electron chi connectivity index (χ1n) is 10.4. The molecule has 0 saturated carbocycles. The normalized spacial score (nSPS) is 12.5. The Morgan fingerprint density at radius 1 is 1.13 bits per heavy atom. The summed E-state index contributed by atoms with van der Waals surface area (Å²) in [5.41, 5.74) is 5.08. The van der Waals surface area contributed by atoms with E-state index in [0.717, 1.165) is 22.4 Å². The molecule has 2 heterocycles. The number of amides is 1. The molecule has 1 atom stereocenters. The zero-order valence-corrected chi connectivity index (χ0v) is 18.9. The highest BCUT2D eigenvalue weighted by molar-refractivity contribution is 6.33. The van der Waals surface area contributed by atoms with Crippen LogP contribution in [0.5, 0.6) is 0 Å². The van der Waals surface area contributed by atoms with Crippen LogP contribution in [0.1, 0.15) is 52.9 Å². The Balaban J connectivity index is 1.59. The summed E-state index contributed by atoms with van der Waals surface area (Å²) in [5.74, 6) is 0.605. The van der Waals surface area contributed by atoms with E-state index in [0.29, 0.717) is 23.0 Å². The molecule has 7 heteroatoms. The topological polar surface area (TPSA) is 75.6 Å². The first kappa shape index (κ1) is 21.1. The fraction of sp³-hybridized carbons (Fsp3) is 0.292. The number of hydrogen-bond donors (Lipinski definition) is 2. The zero-order valence-electron chi connectivity index (χ0n) is 18.1. The third-order valence-electron chi connectivity index (χ3n) is 5.40. The van der Waals surface area contributed by atoms with Gasteiger partial charge in [0.1, 0.15) is 11.0 Å². The summed E-state index contributed by atoms with van der Waals surface area (Å²) in [4.78, 5) is 21.2. The van der Waals surface area contributed by atoms with Crippen molar-refractivity contribution in [3.63, 3.8) is 0 Å². The SMILES string of the molecule is Cc1ccc(Cn2nc(C)c(C(=O)NC(c3nc4ccccc4[nH]3)C(C)C)c2Cl)cc1. The molecule has 31 heavy (non-hydrogen) atoms. The van der Waals surface area contributed by atoms with E-state index in [1.807, 2.05) is 69.3 Å². The van der Waals surface area contributed by atoms with Crippen molar-refractivity contribution in [2.24, 2.45) is 5.92 Å². The molecule has 1 unspecified atom stereocenters. The van der Waals surface area contributed by atoms with Crippen LogP contribution in [0.15, 0.2) is 48.5 Å². The Hall–Kier alpha value is -3.12. The van der Waals surface area contributed by atoms with Gasteiger partial charge in [0.05, 0.1) is 34.9 Å². The van der Waals surface area contributed by atoms with E-state index < -0.39 is 0 Å². The maximum absolute atomic E-state index is 13.2. The van der Waals surface area contributed by atoms with E-state index in [9.17, 15) is 4.79 Å². The van der Waals surface area contributed by atoms with Crippen LogP contribution in [0.25, 0.3) is 11.0 Å². The highest BCUT2D eigenvalue weighted by Gasteiger charge is 2.26. The number of aromatic amines is 1. The standard InChI is InChI=1S/C24H26ClN5O/c1-14(2)21(23-26-18-7-5-6-8-19(18)27-23)28-24(31)20-16(4)29-30(22(20)25)13-17-11-9-15(3)10-12-17/h5-12,14,21H,13H2,1-4H3,(H,26,27)(H,28,31). The van der Waals surface area contributed by atoms with Crippen molar-refractivity contribution in [2.75, 3.05) is 0 Å². The van der Waals surface area contributed by atoms with Crippen LogP contribution < -0.4 is 5.32 Å². The number of benzene rings is 2. The van der Waals surface area contributed by atoms with Crippen molar-refractivity contribution in [3.05, 3.63) is 81.9 Å². The lowest BCUT2D eigenvalue weighted by atomic mass is 10.0. The third-order valence-corrected chi connectivity index (χ3v) is 5.79. The van der Waals surface area contributed by atoms with Crippen LogP contribution >= 0.6 is 11.6 Å². The summed E-state index contributed by atoms with van der Waals surface area (Å²) in [6.07, 6.45) is 0. The van der Waals surface area contributed by atoms with E-state index in [4.69, 9.17) is 11.6 Å². The third kappa shape index (κ3) is 4.35. The largest absolute Gasteiger partial charge is 0.342 e. The highest BCUT2D eigenvalue weighted by Crippen LogP contribution is 2.26. The second-order valence-corrected chi connectivity index (χ2v) is 8.59. The van der Waals surface area contributed by atoms with E-state index in [1.165, 1.54) is 5.56 Å². The van der Waals surface area contributed by atoms with Crippen molar-refractivity contribution < 1.29 is 4.79 Å².